The number of morpholine rings is 1. The highest BCUT2D eigenvalue weighted by Crippen LogP contribution is 2.47. The van der Waals surface area contributed by atoms with E-state index < -0.39 is 0 Å². The van der Waals surface area contributed by atoms with E-state index in [-0.39, 0.29) is 35.2 Å². The zero-order valence-corrected chi connectivity index (χ0v) is 21.5. The lowest BCUT2D eigenvalue weighted by Crippen LogP contribution is -2.40. The van der Waals surface area contributed by atoms with Crippen LogP contribution in [0.3, 0.4) is 0 Å². The summed E-state index contributed by atoms with van der Waals surface area (Å²) in [6, 6.07) is 15.1. The van der Waals surface area contributed by atoms with E-state index >= 15 is 0 Å². The van der Waals surface area contributed by atoms with Crippen LogP contribution in [0.5, 0.6) is 5.75 Å². The molecular formula is C25H34FIN4O2. The van der Waals surface area contributed by atoms with Crippen LogP contribution in [0.2, 0.25) is 0 Å². The molecule has 6 nitrogen and oxygen atoms in total. The van der Waals surface area contributed by atoms with Crippen molar-refractivity contribution in [1.82, 2.24) is 15.5 Å². The molecule has 2 aromatic rings. The van der Waals surface area contributed by atoms with Crippen LogP contribution in [-0.2, 0) is 16.7 Å². The molecule has 0 aromatic heterocycles. The SMILES string of the molecule is CN=C(NCc1cccc(OCCN2CCOCC2)c1)NCC1(c2cccc(F)c2)CC1.I. The van der Waals surface area contributed by atoms with Gasteiger partial charge in [-0.25, -0.2) is 4.39 Å². The van der Waals surface area contributed by atoms with E-state index in [1.54, 1.807) is 19.2 Å². The largest absolute Gasteiger partial charge is 0.492 e. The Balaban J connectivity index is 0.00000306. The number of rotatable bonds is 9. The maximum absolute atomic E-state index is 13.6. The predicted molar refractivity (Wildman–Crippen MR) is 140 cm³/mol. The van der Waals surface area contributed by atoms with Crippen molar-refractivity contribution in [2.45, 2.75) is 24.8 Å². The van der Waals surface area contributed by atoms with Crippen molar-refractivity contribution in [3.8, 4) is 5.75 Å². The van der Waals surface area contributed by atoms with Gasteiger partial charge in [0.25, 0.3) is 0 Å². The van der Waals surface area contributed by atoms with E-state index in [2.05, 4.69) is 32.7 Å². The van der Waals surface area contributed by atoms with Crippen LogP contribution in [-0.4, -0.2) is 63.9 Å². The van der Waals surface area contributed by atoms with Gasteiger partial charge in [-0.3, -0.25) is 9.89 Å². The minimum atomic E-state index is -0.177. The first-order valence-electron chi connectivity index (χ1n) is 11.4. The number of halogens is 2. The van der Waals surface area contributed by atoms with E-state index in [4.69, 9.17) is 9.47 Å². The molecule has 1 aliphatic carbocycles. The van der Waals surface area contributed by atoms with E-state index in [0.717, 1.165) is 75.1 Å². The molecule has 2 N–H and O–H groups in total. The Morgan fingerprint density at radius 1 is 1.12 bits per heavy atom. The quantitative estimate of drug-likeness (QED) is 0.276. The van der Waals surface area contributed by atoms with Gasteiger partial charge in [0.05, 0.1) is 13.2 Å². The number of aliphatic imine (C=N–C) groups is 1. The van der Waals surface area contributed by atoms with Crippen LogP contribution in [0.4, 0.5) is 4.39 Å². The van der Waals surface area contributed by atoms with Crippen LogP contribution in [0, 0.1) is 5.82 Å². The molecule has 1 heterocycles. The fourth-order valence-corrected chi connectivity index (χ4v) is 4.06. The summed E-state index contributed by atoms with van der Waals surface area (Å²) in [5, 5.41) is 6.79. The van der Waals surface area contributed by atoms with Crippen molar-refractivity contribution in [2.75, 3.05) is 53.0 Å². The highest BCUT2D eigenvalue weighted by Gasteiger charge is 2.44. The smallest absolute Gasteiger partial charge is 0.191 e. The molecule has 1 saturated heterocycles. The Morgan fingerprint density at radius 3 is 2.64 bits per heavy atom. The van der Waals surface area contributed by atoms with Crippen molar-refractivity contribution in [1.29, 1.82) is 0 Å². The van der Waals surface area contributed by atoms with Crippen molar-refractivity contribution in [2.24, 2.45) is 4.99 Å². The zero-order chi connectivity index (χ0) is 22.2. The summed E-state index contributed by atoms with van der Waals surface area (Å²) in [4.78, 5) is 6.70. The third-order valence-corrected chi connectivity index (χ3v) is 6.25. The lowest BCUT2D eigenvalue weighted by molar-refractivity contribution is 0.0322. The van der Waals surface area contributed by atoms with E-state index in [1.807, 2.05) is 18.2 Å². The number of benzene rings is 2. The Bertz CT molecular complexity index is 917. The molecule has 1 saturated carbocycles. The molecule has 0 bridgehead atoms. The first-order chi connectivity index (χ1) is 15.7. The number of hydrogen-bond donors (Lipinski definition) is 2. The molecule has 180 valence electrons. The molecule has 2 aromatic carbocycles. The third-order valence-electron chi connectivity index (χ3n) is 6.25. The minimum absolute atomic E-state index is 0. The van der Waals surface area contributed by atoms with Gasteiger partial charge in [0.2, 0.25) is 0 Å². The van der Waals surface area contributed by atoms with E-state index in [0.29, 0.717) is 13.2 Å². The van der Waals surface area contributed by atoms with Gasteiger partial charge in [-0.2, -0.15) is 0 Å². The van der Waals surface area contributed by atoms with Crippen molar-refractivity contribution < 1.29 is 13.9 Å². The molecular weight excluding hydrogens is 534 g/mol. The Labute approximate surface area is 213 Å². The normalized spacial score (nSPS) is 17.7. The summed E-state index contributed by atoms with van der Waals surface area (Å²) >= 11 is 0. The van der Waals surface area contributed by atoms with Gasteiger partial charge in [-0.1, -0.05) is 24.3 Å². The number of guanidine groups is 1. The van der Waals surface area contributed by atoms with Crippen LogP contribution in [0.1, 0.15) is 24.0 Å². The molecule has 2 fully saturated rings. The second kappa shape index (κ2) is 12.5. The standard InChI is InChI=1S/C25H33FN4O2.HI/c1-27-24(29-19-25(8-9-25)21-5-3-6-22(26)17-21)28-18-20-4-2-7-23(16-20)32-15-12-30-10-13-31-14-11-30;/h2-7,16-17H,8-15,18-19H2,1H3,(H2,27,28,29);1H. The van der Waals surface area contributed by atoms with Crippen molar-refractivity contribution in [3.63, 3.8) is 0 Å². The van der Waals surface area contributed by atoms with E-state index in [9.17, 15) is 4.39 Å². The molecule has 4 rings (SSSR count). The molecule has 1 aliphatic heterocycles. The fraction of sp³-hybridized carbons (Fsp3) is 0.480. The number of ether oxygens (including phenoxy) is 2. The predicted octanol–water partition coefficient (Wildman–Crippen LogP) is 3.55. The number of hydrogen-bond acceptors (Lipinski definition) is 4. The van der Waals surface area contributed by atoms with Gasteiger partial charge >= 0.3 is 0 Å². The van der Waals surface area contributed by atoms with Gasteiger partial charge in [0.1, 0.15) is 18.2 Å². The first-order valence-corrected chi connectivity index (χ1v) is 11.4. The summed E-state index contributed by atoms with van der Waals surface area (Å²) in [7, 11) is 1.77. The second-order valence-electron chi connectivity index (χ2n) is 8.52. The first kappa shape index (κ1) is 25.7. The van der Waals surface area contributed by atoms with Crippen LogP contribution in [0.25, 0.3) is 0 Å². The van der Waals surface area contributed by atoms with Gasteiger partial charge in [-0.15, -0.1) is 24.0 Å². The Hall–Kier alpha value is -1.91. The molecule has 0 atom stereocenters. The lowest BCUT2D eigenvalue weighted by atomic mass is 9.96. The summed E-state index contributed by atoms with van der Waals surface area (Å²) in [6.07, 6.45) is 2.12. The van der Waals surface area contributed by atoms with Crippen molar-refractivity contribution >= 4 is 29.9 Å². The highest BCUT2D eigenvalue weighted by molar-refractivity contribution is 14.0. The average Bonchev–Trinajstić information content (AvgIpc) is 3.61. The molecule has 33 heavy (non-hydrogen) atoms. The molecule has 0 radical (unpaired) electrons. The number of nitrogens with one attached hydrogen (secondary N) is 2. The average molecular weight is 568 g/mol. The van der Waals surface area contributed by atoms with Crippen molar-refractivity contribution in [3.05, 3.63) is 65.5 Å². The minimum Gasteiger partial charge on any atom is -0.492 e. The highest BCUT2D eigenvalue weighted by atomic mass is 127. The molecule has 8 heteroatoms. The molecule has 0 unspecified atom stereocenters. The van der Waals surface area contributed by atoms with Gasteiger partial charge < -0.3 is 20.1 Å². The number of nitrogens with zero attached hydrogens (tertiary/aromatic N) is 2. The summed E-state index contributed by atoms with van der Waals surface area (Å²) in [6.45, 7) is 6.52. The van der Waals surface area contributed by atoms with Crippen LogP contribution in [0.15, 0.2) is 53.5 Å². The maximum Gasteiger partial charge on any atom is 0.191 e. The van der Waals surface area contributed by atoms with Crippen LogP contribution < -0.4 is 15.4 Å². The fourth-order valence-electron chi connectivity index (χ4n) is 4.06. The molecule has 0 amide bonds. The maximum atomic E-state index is 13.6. The van der Waals surface area contributed by atoms with E-state index in [1.165, 1.54) is 6.07 Å². The molecule has 0 spiro atoms. The third kappa shape index (κ3) is 7.55. The van der Waals surface area contributed by atoms with Gasteiger partial charge in [0.15, 0.2) is 5.96 Å². The van der Waals surface area contributed by atoms with Crippen LogP contribution >= 0.6 is 24.0 Å². The Morgan fingerprint density at radius 2 is 1.91 bits per heavy atom. The molecule has 2 aliphatic rings. The zero-order valence-electron chi connectivity index (χ0n) is 19.2. The Kier molecular flexibility index (Phi) is 9.76. The summed E-state index contributed by atoms with van der Waals surface area (Å²) in [5.74, 6) is 1.44. The monoisotopic (exact) mass is 568 g/mol. The summed E-state index contributed by atoms with van der Waals surface area (Å²) < 4.78 is 25.0. The second-order valence-corrected chi connectivity index (χ2v) is 8.52. The van der Waals surface area contributed by atoms with Gasteiger partial charge in [-0.05, 0) is 48.2 Å². The lowest BCUT2D eigenvalue weighted by Gasteiger charge is -2.26. The van der Waals surface area contributed by atoms with Gasteiger partial charge in [0, 0.05) is 45.2 Å². The summed E-state index contributed by atoms with van der Waals surface area (Å²) in [5.41, 5.74) is 2.19. The topological polar surface area (TPSA) is 58.1 Å².